The van der Waals surface area contributed by atoms with E-state index in [1.54, 1.807) is 0 Å². The van der Waals surface area contributed by atoms with Crippen LogP contribution < -0.4 is 16.4 Å². The van der Waals surface area contributed by atoms with Crippen molar-refractivity contribution in [3.8, 4) is 0 Å². The van der Waals surface area contributed by atoms with Crippen molar-refractivity contribution >= 4 is 17.1 Å². The van der Waals surface area contributed by atoms with Crippen molar-refractivity contribution in [1.82, 2.24) is 0 Å². The summed E-state index contributed by atoms with van der Waals surface area (Å²) in [6.45, 7) is 11.1. The van der Waals surface area contributed by atoms with Crippen LogP contribution in [0.25, 0.3) is 0 Å². The van der Waals surface area contributed by atoms with Gasteiger partial charge in [-0.2, -0.15) is 0 Å². The number of nitrogens with two attached hydrogens (primary N) is 2. The van der Waals surface area contributed by atoms with Gasteiger partial charge >= 0.3 is 0 Å². The highest BCUT2D eigenvalue weighted by Gasteiger charge is 2.30. The molecule has 5 aromatic rings. The normalized spacial score (nSPS) is 11.6. The van der Waals surface area contributed by atoms with Crippen LogP contribution in [0.4, 0.5) is 17.1 Å². The molecule has 0 saturated carbocycles. The number of rotatable bonds is 13. The van der Waals surface area contributed by atoms with Crippen molar-refractivity contribution in [2.45, 2.75) is 52.4 Å². The Labute approximate surface area is 270 Å². The van der Waals surface area contributed by atoms with E-state index in [-0.39, 0.29) is 11.8 Å². The molecule has 0 unspecified atom stereocenters. The summed E-state index contributed by atoms with van der Waals surface area (Å²) in [5.74, 6) is 1.01. The lowest BCUT2D eigenvalue weighted by Crippen LogP contribution is -2.29. The van der Waals surface area contributed by atoms with Gasteiger partial charge in [0.2, 0.25) is 0 Å². The molecular formula is C42H49N3. The van der Waals surface area contributed by atoms with E-state index < -0.39 is 0 Å². The van der Waals surface area contributed by atoms with Gasteiger partial charge in [0.15, 0.2) is 0 Å². The second-order valence-electron chi connectivity index (χ2n) is 13.1. The molecule has 3 nitrogen and oxygen atoms in total. The number of nitrogen functional groups attached to an aromatic ring is 2. The van der Waals surface area contributed by atoms with Gasteiger partial charge in [-0.05, 0) is 58.6 Å². The zero-order valence-electron chi connectivity index (χ0n) is 27.4. The van der Waals surface area contributed by atoms with E-state index in [1.807, 2.05) is 0 Å². The highest BCUT2D eigenvalue weighted by Crippen LogP contribution is 2.48. The van der Waals surface area contributed by atoms with Crippen LogP contribution in [0.5, 0.6) is 0 Å². The van der Waals surface area contributed by atoms with Gasteiger partial charge in [-0.15, -0.1) is 0 Å². The van der Waals surface area contributed by atoms with Gasteiger partial charge in [-0.3, -0.25) is 0 Å². The topological polar surface area (TPSA) is 55.3 Å². The summed E-state index contributed by atoms with van der Waals surface area (Å²) in [6, 6.07) is 45.2. The second-order valence-corrected chi connectivity index (χ2v) is 13.1. The summed E-state index contributed by atoms with van der Waals surface area (Å²) >= 11 is 0. The molecule has 5 aromatic carbocycles. The van der Waals surface area contributed by atoms with Crippen LogP contribution >= 0.6 is 0 Å². The zero-order valence-corrected chi connectivity index (χ0v) is 27.4. The Morgan fingerprint density at radius 3 is 1.20 bits per heavy atom. The van der Waals surface area contributed by atoms with Crippen LogP contribution in [0.15, 0.2) is 127 Å². The molecule has 232 valence electrons. The third kappa shape index (κ3) is 7.60. The largest absolute Gasteiger partial charge is 0.398 e. The molecule has 45 heavy (non-hydrogen) atoms. The summed E-state index contributed by atoms with van der Waals surface area (Å²) < 4.78 is 0. The average Bonchev–Trinajstić information content (AvgIpc) is 3.06. The van der Waals surface area contributed by atoms with Gasteiger partial charge < -0.3 is 16.4 Å². The van der Waals surface area contributed by atoms with Gasteiger partial charge in [0.25, 0.3) is 0 Å². The maximum Gasteiger partial charge on any atom is 0.0615 e. The molecule has 0 aliphatic heterocycles. The van der Waals surface area contributed by atoms with E-state index in [9.17, 15) is 0 Å². The standard InChI is InChI=1S/C42H49N3/c1-30(2)25-27-45(28-26-31(3)4)37-29-36(38(32-17-9-5-10-18-32)33-19-11-6-12-20-33)41(43)40(42(37)44)39(34-21-13-7-14-22-34)35-23-15-8-16-24-35/h5-24,29-31,38-39H,25-28,43-44H2,1-4H3. The first kappa shape index (κ1) is 31.9. The van der Waals surface area contributed by atoms with Gasteiger partial charge in [0, 0.05) is 36.2 Å². The van der Waals surface area contributed by atoms with Crippen LogP contribution in [0.3, 0.4) is 0 Å². The minimum absolute atomic E-state index is 0.0465. The van der Waals surface area contributed by atoms with E-state index in [1.165, 1.54) is 22.3 Å². The summed E-state index contributed by atoms with van der Waals surface area (Å²) in [5, 5.41) is 0. The van der Waals surface area contributed by atoms with Gasteiger partial charge in [-0.25, -0.2) is 0 Å². The van der Waals surface area contributed by atoms with Crippen molar-refractivity contribution in [3.05, 3.63) is 161 Å². The molecule has 0 saturated heterocycles. The zero-order chi connectivity index (χ0) is 31.8. The summed E-state index contributed by atoms with van der Waals surface area (Å²) in [6.07, 6.45) is 2.18. The van der Waals surface area contributed by atoms with Crippen LogP contribution in [0, 0.1) is 11.8 Å². The van der Waals surface area contributed by atoms with E-state index in [4.69, 9.17) is 11.5 Å². The Kier molecular flexibility index (Phi) is 10.6. The molecule has 0 aliphatic carbocycles. The Bertz CT molecular complexity index is 1520. The smallest absolute Gasteiger partial charge is 0.0615 e. The van der Waals surface area contributed by atoms with Crippen molar-refractivity contribution in [2.24, 2.45) is 11.8 Å². The molecule has 0 bridgehead atoms. The number of hydrogen-bond donors (Lipinski definition) is 2. The predicted molar refractivity (Wildman–Crippen MR) is 194 cm³/mol. The molecule has 5 rings (SSSR count). The van der Waals surface area contributed by atoms with Crippen molar-refractivity contribution in [3.63, 3.8) is 0 Å². The molecule has 0 spiro atoms. The van der Waals surface area contributed by atoms with Crippen molar-refractivity contribution in [1.29, 1.82) is 0 Å². The Hall–Kier alpha value is -4.50. The van der Waals surface area contributed by atoms with E-state index in [2.05, 4.69) is 160 Å². The van der Waals surface area contributed by atoms with Gasteiger partial charge in [0.05, 0.1) is 11.4 Å². The Morgan fingerprint density at radius 1 is 0.489 bits per heavy atom. The predicted octanol–water partition coefficient (Wildman–Crippen LogP) is 10.1. The molecule has 0 amide bonds. The minimum Gasteiger partial charge on any atom is -0.398 e. The fourth-order valence-corrected chi connectivity index (χ4v) is 6.39. The summed E-state index contributed by atoms with van der Waals surface area (Å²) in [5.41, 5.74) is 24.4. The summed E-state index contributed by atoms with van der Waals surface area (Å²) in [4.78, 5) is 2.53. The first-order valence-corrected chi connectivity index (χ1v) is 16.5. The van der Waals surface area contributed by atoms with Crippen LogP contribution in [-0.4, -0.2) is 13.1 Å². The second kappa shape index (κ2) is 15.0. The van der Waals surface area contributed by atoms with Crippen LogP contribution in [-0.2, 0) is 0 Å². The lowest BCUT2D eigenvalue weighted by molar-refractivity contribution is 0.535. The molecule has 0 fully saturated rings. The van der Waals surface area contributed by atoms with Crippen molar-refractivity contribution < 1.29 is 0 Å². The fraction of sp³-hybridized carbons (Fsp3) is 0.286. The fourth-order valence-electron chi connectivity index (χ4n) is 6.39. The Balaban J connectivity index is 1.84. The van der Waals surface area contributed by atoms with E-state index >= 15 is 0 Å². The quantitative estimate of drug-likeness (QED) is 0.105. The van der Waals surface area contributed by atoms with Crippen LogP contribution in [0.2, 0.25) is 0 Å². The molecule has 0 aliphatic rings. The highest BCUT2D eigenvalue weighted by atomic mass is 15.1. The van der Waals surface area contributed by atoms with Gasteiger partial charge in [0.1, 0.15) is 0 Å². The first-order chi connectivity index (χ1) is 21.8. The van der Waals surface area contributed by atoms with E-state index in [0.29, 0.717) is 11.8 Å². The van der Waals surface area contributed by atoms with E-state index in [0.717, 1.165) is 54.1 Å². The average molecular weight is 596 g/mol. The first-order valence-electron chi connectivity index (χ1n) is 16.5. The Morgan fingerprint density at radius 2 is 0.844 bits per heavy atom. The molecule has 4 N–H and O–H groups in total. The van der Waals surface area contributed by atoms with Crippen LogP contribution in [0.1, 0.15) is 85.8 Å². The monoisotopic (exact) mass is 595 g/mol. The SMILES string of the molecule is CC(C)CCN(CCC(C)C)c1cc(C(c2ccccc2)c2ccccc2)c(N)c(C(c2ccccc2)c2ccccc2)c1N. The molecule has 0 aromatic heterocycles. The number of nitrogens with zero attached hydrogens (tertiary/aromatic N) is 1. The summed E-state index contributed by atoms with van der Waals surface area (Å²) in [7, 11) is 0. The molecule has 3 heteroatoms. The molecule has 0 atom stereocenters. The highest BCUT2D eigenvalue weighted by molar-refractivity contribution is 5.83. The number of hydrogen-bond acceptors (Lipinski definition) is 3. The lowest BCUT2D eigenvalue weighted by atomic mass is 9.78. The minimum atomic E-state index is -0.115. The maximum absolute atomic E-state index is 7.45. The third-order valence-electron chi connectivity index (χ3n) is 8.88. The molecule has 0 heterocycles. The lowest BCUT2D eigenvalue weighted by Gasteiger charge is -2.33. The van der Waals surface area contributed by atoms with Crippen molar-refractivity contribution in [2.75, 3.05) is 29.5 Å². The number of benzene rings is 5. The number of anilines is 3. The third-order valence-corrected chi connectivity index (χ3v) is 8.88. The maximum atomic E-state index is 7.45. The molecular weight excluding hydrogens is 546 g/mol. The molecule has 0 radical (unpaired) electrons. The van der Waals surface area contributed by atoms with Gasteiger partial charge in [-0.1, -0.05) is 149 Å².